The van der Waals surface area contributed by atoms with Crippen molar-refractivity contribution in [3.63, 3.8) is 0 Å². The standard InChI is InChI=1S/C15H22N2O/c1-15(2,3)11-6-8-12(9-7-11)17-13(14(16)18)10-4-5-10/h6-10,13,17H,4-5H2,1-3H3,(H2,16,18). The van der Waals surface area contributed by atoms with E-state index in [4.69, 9.17) is 5.73 Å². The van der Waals surface area contributed by atoms with Crippen molar-refractivity contribution in [1.29, 1.82) is 0 Å². The van der Waals surface area contributed by atoms with Crippen molar-refractivity contribution in [2.45, 2.75) is 45.1 Å². The van der Waals surface area contributed by atoms with E-state index in [1.807, 2.05) is 12.1 Å². The molecule has 1 unspecified atom stereocenters. The Kier molecular flexibility index (Phi) is 3.33. The number of nitrogens with one attached hydrogen (secondary N) is 1. The van der Waals surface area contributed by atoms with Crippen LogP contribution < -0.4 is 11.1 Å². The van der Waals surface area contributed by atoms with Gasteiger partial charge in [0.2, 0.25) is 5.91 Å². The lowest BCUT2D eigenvalue weighted by Crippen LogP contribution is -2.37. The van der Waals surface area contributed by atoms with Crippen LogP contribution in [0.3, 0.4) is 0 Å². The number of benzene rings is 1. The summed E-state index contributed by atoms with van der Waals surface area (Å²) in [6.45, 7) is 6.56. The number of primary amides is 1. The first-order valence-electron chi connectivity index (χ1n) is 6.54. The van der Waals surface area contributed by atoms with Gasteiger partial charge in [-0.15, -0.1) is 0 Å². The summed E-state index contributed by atoms with van der Waals surface area (Å²) in [7, 11) is 0. The van der Waals surface area contributed by atoms with E-state index in [1.165, 1.54) is 5.56 Å². The molecule has 1 amide bonds. The number of rotatable bonds is 4. The predicted octanol–water partition coefficient (Wildman–Crippen LogP) is 2.66. The smallest absolute Gasteiger partial charge is 0.240 e. The van der Waals surface area contributed by atoms with Gasteiger partial charge in [-0.25, -0.2) is 0 Å². The molecule has 1 aliphatic carbocycles. The van der Waals surface area contributed by atoms with E-state index in [0.717, 1.165) is 18.5 Å². The molecule has 0 spiro atoms. The first-order valence-corrected chi connectivity index (χ1v) is 6.54. The SMILES string of the molecule is CC(C)(C)c1ccc(NC(C(N)=O)C2CC2)cc1. The van der Waals surface area contributed by atoms with Gasteiger partial charge in [-0.2, -0.15) is 0 Å². The largest absolute Gasteiger partial charge is 0.373 e. The zero-order chi connectivity index (χ0) is 13.3. The molecule has 0 aliphatic heterocycles. The Morgan fingerprint density at radius 3 is 2.22 bits per heavy atom. The maximum absolute atomic E-state index is 11.4. The summed E-state index contributed by atoms with van der Waals surface area (Å²) in [5.74, 6) is 0.169. The summed E-state index contributed by atoms with van der Waals surface area (Å²) in [6, 6.07) is 8.05. The predicted molar refractivity (Wildman–Crippen MR) is 74.5 cm³/mol. The molecule has 0 heterocycles. The van der Waals surface area contributed by atoms with Crippen molar-refractivity contribution < 1.29 is 4.79 Å². The van der Waals surface area contributed by atoms with Crippen molar-refractivity contribution in [2.75, 3.05) is 5.32 Å². The van der Waals surface area contributed by atoms with Crippen LogP contribution in [0.4, 0.5) is 5.69 Å². The molecule has 0 aromatic heterocycles. The van der Waals surface area contributed by atoms with Gasteiger partial charge >= 0.3 is 0 Å². The normalized spacial score (nSPS) is 17.3. The Bertz CT molecular complexity index is 427. The number of carbonyl (C=O) groups excluding carboxylic acids is 1. The summed E-state index contributed by atoms with van der Waals surface area (Å²) < 4.78 is 0. The highest BCUT2D eigenvalue weighted by Gasteiger charge is 2.34. The third-order valence-corrected chi connectivity index (χ3v) is 3.47. The van der Waals surface area contributed by atoms with Crippen molar-refractivity contribution in [3.8, 4) is 0 Å². The molecule has 0 saturated heterocycles. The van der Waals surface area contributed by atoms with Crippen molar-refractivity contribution >= 4 is 11.6 Å². The Labute approximate surface area is 109 Å². The van der Waals surface area contributed by atoms with Gasteiger partial charge < -0.3 is 11.1 Å². The molecule has 1 saturated carbocycles. The molecule has 1 atom stereocenters. The lowest BCUT2D eigenvalue weighted by molar-refractivity contribution is -0.119. The second-order valence-corrected chi connectivity index (χ2v) is 6.19. The quantitative estimate of drug-likeness (QED) is 0.858. The van der Waals surface area contributed by atoms with Crippen LogP contribution in [0.25, 0.3) is 0 Å². The Hall–Kier alpha value is -1.51. The lowest BCUT2D eigenvalue weighted by Gasteiger charge is -2.20. The number of amides is 1. The second kappa shape index (κ2) is 4.63. The molecule has 18 heavy (non-hydrogen) atoms. The van der Waals surface area contributed by atoms with Crippen molar-refractivity contribution in [2.24, 2.45) is 11.7 Å². The van der Waals surface area contributed by atoms with Crippen LogP contribution in [0, 0.1) is 5.92 Å². The van der Waals surface area contributed by atoms with Crippen molar-refractivity contribution in [3.05, 3.63) is 29.8 Å². The summed E-state index contributed by atoms with van der Waals surface area (Å²) >= 11 is 0. The zero-order valence-electron chi connectivity index (χ0n) is 11.4. The van der Waals surface area contributed by atoms with Crippen molar-refractivity contribution in [1.82, 2.24) is 0 Å². The lowest BCUT2D eigenvalue weighted by atomic mass is 9.87. The monoisotopic (exact) mass is 246 g/mol. The first-order chi connectivity index (χ1) is 8.38. The summed E-state index contributed by atoms with van der Waals surface area (Å²) in [4.78, 5) is 11.4. The minimum Gasteiger partial charge on any atom is -0.373 e. The van der Waals surface area contributed by atoms with Crippen LogP contribution in [0.1, 0.15) is 39.2 Å². The molecule has 1 aliphatic rings. The third kappa shape index (κ3) is 3.03. The van der Waals surface area contributed by atoms with Crippen LogP contribution in [-0.4, -0.2) is 11.9 Å². The fourth-order valence-electron chi connectivity index (χ4n) is 2.10. The number of nitrogens with two attached hydrogens (primary N) is 1. The van der Waals surface area contributed by atoms with Gasteiger partial charge in [-0.05, 0) is 41.9 Å². The highest BCUT2D eigenvalue weighted by Crippen LogP contribution is 2.34. The maximum atomic E-state index is 11.4. The minimum atomic E-state index is -0.252. The highest BCUT2D eigenvalue weighted by molar-refractivity contribution is 5.83. The van der Waals surface area contributed by atoms with E-state index < -0.39 is 0 Å². The zero-order valence-corrected chi connectivity index (χ0v) is 11.4. The van der Waals surface area contributed by atoms with Gasteiger partial charge in [-0.1, -0.05) is 32.9 Å². The Balaban J connectivity index is 2.07. The number of hydrogen-bond acceptors (Lipinski definition) is 2. The summed E-state index contributed by atoms with van der Waals surface area (Å²) in [6.07, 6.45) is 2.20. The van der Waals surface area contributed by atoms with Gasteiger partial charge in [0.15, 0.2) is 0 Å². The van der Waals surface area contributed by atoms with E-state index in [-0.39, 0.29) is 17.4 Å². The van der Waals surface area contributed by atoms with E-state index in [2.05, 4.69) is 38.2 Å². The molecule has 98 valence electrons. The molecule has 3 heteroatoms. The molecule has 3 N–H and O–H groups in total. The van der Waals surface area contributed by atoms with E-state index in [9.17, 15) is 4.79 Å². The molecule has 1 aromatic carbocycles. The molecule has 1 fully saturated rings. The van der Waals surface area contributed by atoms with Crippen LogP contribution in [0.2, 0.25) is 0 Å². The Morgan fingerprint density at radius 2 is 1.83 bits per heavy atom. The Morgan fingerprint density at radius 1 is 1.28 bits per heavy atom. The molecule has 0 bridgehead atoms. The number of anilines is 1. The van der Waals surface area contributed by atoms with Gasteiger partial charge in [0.05, 0.1) is 0 Å². The van der Waals surface area contributed by atoms with Gasteiger partial charge in [0, 0.05) is 5.69 Å². The van der Waals surface area contributed by atoms with Gasteiger partial charge in [-0.3, -0.25) is 4.79 Å². The highest BCUT2D eigenvalue weighted by atomic mass is 16.1. The maximum Gasteiger partial charge on any atom is 0.240 e. The minimum absolute atomic E-state index is 0.151. The number of hydrogen-bond donors (Lipinski definition) is 2. The van der Waals surface area contributed by atoms with E-state index in [1.54, 1.807) is 0 Å². The molecular weight excluding hydrogens is 224 g/mol. The molecule has 0 radical (unpaired) electrons. The third-order valence-electron chi connectivity index (χ3n) is 3.47. The molecule has 1 aromatic rings. The number of carbonyl (C=O) groups is 1. The molecular formula is C15H22N2O. The van der Waals surface area contributed by atoms with Crippen LogP contribution >= 0.6 is 0 Å². The topological polar surface area (TPSA) is 55.1 Å². The molecule has 3 nitrogen and oxygen atoms in total. The van der Waals surface area contributed by atoms with Gasteiger partial charge in [0.25, 0.3) is 0 Å². The van der Waals surface area contributed by atoms with Gasteiger partial charge in [0.1, 0.15) is 6.04 Å². The average Bonchev–Trinajstić information content (AvgIpc) is 3.08. The molecule has 2 rings (SSSR count). The second-order valence-electron chi connectivity index (χ2n) is 6.19. The average molecular weight is 246 g/mol. The van der Waals surface area contributed by atoms with Crippen LogP contribution in [-0.2, 0) is 10.2 Å². The fourth-order valence-corrected chi connectivity index (χ4v) is 2.10. The van der Waals surface area contributed by atoms with E-state index in [0.29, 0.717) is 5.92 Å². The summed E-state index contributed by atoms with van der Waals surface area (Å²) in [5.41, 5.74) is 7.83. The fraction of sp³-hybridized carbons (Fsp3) is 0.533. The van der Waals surface area contributed by atoms with E-state index >= 15 is 0 Å². The van der Waals surface area contributed by atoms with Crippen LogP contribution in [0.15, 0.2) is 24.3 Å². The first kappa shape index (κ1) is 12.9. The summed E-state index contributed by atoms with van der Waals surface area (Å²) in [5, 5.41) is 3.24. The van der Waals surface area contributed by atoms with Crippen LogP contribution in [0.5, 0.6) is 0 Å².